The van der Waals surface area contributed by atoms with E-state index in [1.165, 1.54) is 9.75 Å². The zero-order valence-corrected chi connectivity index (χ0v) is 11.8. The summed E-state index contributed by atoms with van der Waals surface area (Å²) < 4.78 is 4.93. The van der Waals surface area contributed by atoms with Gasteiger partial charge in [-0.05, 0) is 39.8 Å². The number of thiophene rings is 1. The number of ether oxygens (including phenoxy) is 1. The summed E-state index contributed by atoms with van der Waals surface area (Å²) in [7, 11) is 0. The van der Waals surface area contributed by atoms with Gasteiger partial charge in [0.2, 0.25) is 0 Å². The minimum atomic E-state index is -0.137. The maximum atomic E-state index is 11.3. The van der Waals surface area contributed by atoms with E-state index in [4.69, 9.17) is 4.74 Å². The van der Waals surface area contributed by atoms with Crippen LogP contribution in [-0.2, 0) is 9.53 Å². The Balaban J connectivity index is 2.40. The molecule has 0 spiro atoms. The summed E-state index contributed by atoms with van der Waals surface area (Å²) >= 11 is 1.79. The number of carbonyl (C=O) groups is 1. The Morgan fingerprint density at radius 3 is 2.71 bits per heavy atom. The predicted octanol–water partition coefficient (Wildman–Crippen LogP) is 3.05. The molecule has 3 nitrogen and oxygen atoms in total. The highest BCUT2D eigenvalue weighted by atomic mass is 32.1. The molecule has 2 atom stereocenters. The van der Waals surface area contributed by atoms with Crippen LogP contribution < -0.4 is 5.32 Å². The molecule has 1 N–H and O–H groups in total. The van der Waals surface area contributed by atoms with Crippen LogP contribution in [0.25, 0.3) is 0 Å². The summed E-state index contributed by atoms with van der Waals surface area (Å²) in [6, 6.07) is 4.66. The maximum absolute atomic E-state index is 11.3. The SMILES string of the molecule is CCOC(=O)CC(C)NC(C)c1ccc(C)s1. The van der Waals surface area contributed by atoms with E-state index >= 15 is 0 Å². The molecule has 96 valence electrons. The van der Waals surface area contributed by atoms with Crippen LogP contribution in [-0.4, -0.2) is 18.6 Å². The van der Waals surface area contributed by atoms with Crippen molar-refractivity contribution in [2.45, 2.75) is 46.2 Å². The molecule has 0 saturated carbocycles. The number of carbonyl (C=O) groups excluding carboxylic acids is 1. The predicted molar refractivity (Wildman–Crippen MR) is 71.3 cm³/mol. The van der Waals surface area contributed by atoms with Crippen LogP contribution in [0.1, 0.15) is 43.0 Å². The Morgan fingerprint density at radius 1 is 1.47 bits per heavy atom. The average molecular weight is 255 g/mol. The van der Waals surface area contributed by atoms with Gasteiger partial charge in [0.25, 0.3) is 0 Å². The molecule has 1 rings (SSSR count). The summed E-state index contributed by atoms with van der Waals surface area (Å²) in [4.78, 5) is 13.9. The summed E-state index contributed by atoms with van der Waals surface area (Å²) in [6.07, 6.45) is 0.419. The molecule has 17 heavy (non-hydrogen) atoms. The molecule has 0 amide bonds. The van der Waals surface area contributed by atoms with Crippen LogP contribution in [0, 0.1) is 6.92 Å². The molecular formula is C13H21NO2S. The lowest BCUT2D eigenvalue weighted by atomic mass is 10.2. The first-order chi connectivity index (χ1) is 8.02. The van der Waals surface area contributed by atoms with Gasteiger partial charge in [-0.25, -0.2) is 0 Å². The van der Waals surface area contributed by atoms with E-state index in [9.17, 15) is 4.79 Å². The van der Waals surface area contributed by atoms with Crippen molar-refractivity contribution in [2.24, 2.45) is 0 Å². The topological polar surface area (TPSA) is 38.3 Å². The number of rotatable bonds is 6. The third-order valence-electron chi connectivity index (χ3n) is 2.50. The van der Waals surface area contributed by atoms with Gasteiger partial charge in [0.1, 0.15) is 0 Å². The van der Waals surface area contributed by atoms with Crippen molar-refractivity contribution in [3.05, 3.63) is 21.9 Å². The maximum Gasteiger partial charge on any atom is 0.307 e. The Labute approximate surface area is 107 Å². The normalized spacial score (nSPS) is 14.4. The largest absolute Gasteiger partial charge is 0.466 e. The van der Waals surface area contributed by atoms with Crippen LogP contribution in [0.2, 0.25) is 0 Å². The molecule has 4 heteroatoms. The van der Waals surface area contributed by atoms with Gasteiger partial charge in [0.05, 0.1) is 13.0 Å². The molecule has 1 heterocycles. The molecule has 1 aromatic heterocycles. The van der Waals surface area contributed by atoms with Crippen molar-refractivity contribution in [3.8, 4) is 0 Å². The fourth-order valence-corrected chi connectivity index (χ4v) is 2.61. The van der Waals surface area contributed by atoms with Gasteiger partial charge in [-0.1, -0.05) is 0 Å². The summed E-state index contributed by atoms with van der Waals surface area (Å²) in [5.41, 5.74) is 0. The molecule has 2 unspecified atom stereocenters. The summed E-state index contributed by atoms with van der Waals surface area (Å²) in [5, 5.41) is 3.41. The second-order valence-corrected chi connectivity index (χ2v) is 5.57. The van der Waals surface area contributed by atoms with Gasteiger partial charge >= 0.3 is 5.97 Å². The number of aryl methyl sites for hydroxylation is 1. The van der Waals surface area contributed by atoms with E-state index in [0.29, 0.717) is 13.0 Å². The number of esters is 1. The Hall–Kier alpha value is -0.870. The van der Waals surface area contributed by atoms with E-state index in [0.717, 1.165) is 0 Å². The second kappa shape index (κ2) is 6.77. The van der Waals surface area contributed by atoms with Crippen LogP contribution in [0.3, 0.4) is 0 Å². The van der Waals surface area contributed by atoms with Gasteiger partial charge in [0, 0.05) is 21.8 Å². The molecule has 0 radical (unpaired) electrons. The molecule has 0 aromatic carbocycles. The summed E-state index contributed by atoms with van der Waals surface area (Å²) in [5.74, 6) is -0.137. The van der Waals surface area contributed by atoms with E-state index in [2.05, 4.69) is 31.3 Å². The lowest BCUT2D eigenvalue weighted by Crippen LogP contribution is -2.31. The molecule has 0 fully saturated rings. The van der Waals surface area contributed by atoms with Gasteiger partial charge in [0.15, 0.2) is 0 Å². The fourth-order valence-electron chi connectivity index (χ4n) is 1.72. The van der Waals surface area contributed by atoms with Gasteiger partial charge in [-0.15, -0.1) is 11.3 Å². The highest BCUT2D eigenvalue weighted by molar-refractivity contribution is 7.12. The number of hydrogen-bond donors (Lipinski definition) is 1. The molecule has 0 bridgehead atoms. The quantitative estimate of drug-likeness (QED) is 0.794. The molecule has 0 aliphatic rings. The van der Waals surface area contributed by atoms with Crippen molar-refractivity contribution in [2.75, 3.05) is 6.61 Å². The first kappa shape index (κ1) is 14.2. The van der Waals surface area contributed by atoms with E-state index in [1.807, 2.05) is 13.8 Å². The van der Waals surface area contributed by atoms with Crippen LogP contribution >= 0.6 is 11.3 Å². The third-order valence-corrected chi connectivity index (χ3v) is 3.68. The highest BCUT2D eigenvalue weighted by Gasteiger charge is 2.14. The molecule has 0 aliphatic carbocycles. The van der Waals surface area contributed by atoms with Crippen LogP contribution in [0.5, 0.6) is 0 Å². The van der Waals surface area contributed by atoms with Crippen molar-refractivity contribution >= 4 is 17.3 Å². The monoisotopic (exact) mass is 255 g/mol. The van der Waals surface area contributed by atoms with Gasteiger partial charge < -0.3 is 10.1 Å². The first-order valence-corrected chi connectivity index (χ1v) is 6.82. The Bertz CT molecular complexity index is 362. The van der Waals surface area contributed by atoms with Crippen molar-refractivity contribution in [3.63, 3.8) is 0 Å². The van der Waals surface area contributed by atoms with Crippen molar-refractivity contribution in [1.82, 2.24) is 5.32 Å². The number of hydrogen-bond acceptors (Lipinski definition) is 4. The minimum absolute atomic E-state index is 0.131. The third kappa shape index (κ3) is 4.88. The van der Waals surface area contributed by atoms with E-state index in [1.54, 1.807) is 11.3 Å². The van der Waals surface area contributed by atoms with Crippen LogP contribution in [0.4, 0.5) is 0 Å². The highest BCUT2D eigenvalue weighted by Crippen LogP contribution is 2.22. The molecule has 0 saturated heterocycles. The standard InChI is InChI=1S/C13H21NO2S/c1-5-16-13(15)8-9(2)14-11(4)12-7-6-10(3)17-12/h6-7,9,11,14H,5,8H2,1-4H3. The molecular weight excluding hydrogens is 234 g/mol. The smallest absolute Gasteiger partial charge is 0.307 e. The summed E-state index contributed by atoms with van der Waals surface area (Å²) in [6.45, 7) is 8.50. The zero-order valence-electron chi connectivity index (χ0n) is 10.9. The fraction of sp³-hybridized carbons (Fsp3) is 0.615. The second-order valence-electron chi connectivity index (χ2n) is 4.25. The average Bonchev–Trinajstić information content (AvgIpc) is 2.64. The van der Waals surface area contributed by atoms with Crippen LogP contribution in [0.15, 0.2) is 12.1 Å². The zero-order chi connectivity index (χ0) is 12.8. The van der Waals surface area contributed by atoms with Crippen molar-refractivity contribution < 1.29 is 9.53 Å². The van der Waals surface area contributed by atoms with Crippen molar-refractivity contribution in [1.29, 1.82) is 0 Å². The minimum Gasteiger partial charge on any atom is -0.466 e. The van der Waals surface area contributed by atoms with E-state index in [-0.39, 0.29) is 18.1 Å². The van der Waals surface area contributed by atoms with Gasteiger partial charge in [-0.3, -0.25) is 4.79 Å². The van der Waals surface area contributed by atoms with E-state index < -0.39 is 0 Å². The Kier molecular flexibility index (Phi) is 5.65. The Morgan fingerprint density at radius 2 is 2.18 bits per heavy atom. The number of nitrogens with one attached hydrogen (secondary N) is 1. The molecule has 0 aliphatic heterocycles. The molecule has 1 aromatic rings. The van der Waals surface area contributed by atoms with Gasteiger partial charge in [-0.2, -0.15) is 0 Å². The first-order valence-electron chi connectivity index (χ1n) is 6.01. The lowest BCUT2D eigenvalue weighted by Gasteiger charge is -2.18. The lowest BCUT2D eigenvalue weighted by molar-refractivity contribution is -0.143.